The van der Waals surface area contributed by atoms with E-state index in [4.69, 9.17) is 15.6 Å². The number of hydrogen-bond donors (Lipinski definition) is 3. The number of carboxylic acid groups (broad SMARTS) is 2. The van der Waals surface area contributed by atoms with Crippen LogP contribution in [0.1, 0.15) is 26.7 Å². The van der Waals surface area contributed by atoms with Gasteiger partial charge >= 0.3 is 17.9 Å². The third-order valence-electron chi connectivity index (χ3n) is 4.79. The van der Waals surface area contributed by atoms with Gasteiger partial charge in [-0.25, -0.2) is 13.2 Å². The second-order valence-electron chi connectivity index (χ2n) is 6.80. The lowest BCUT2D eigenvalue weighted by Crippen LogP contribution is -2.64. The zero-order valence-electron chi connectivity index (χ0n) is 14.1. The van der Waals surface area contributed by atoms with E-state index in [1.807, 2.05) is 0 Å². The lowest BCUT2D eigenvalue weighted by molar-refractivity contribution is -0.169. The number of aliphatic carboxylic acids is 2. The maximum absolute atomic E-state index is 12.6. The van der Waals surface area contributed by atoms with E-state index in [1.54, 1.807) is 0 Å². The summed E-state index contributed by atoms with van der Waals surface area (Å²) < 4.78 is 28.4. The van der Waals surface area contributed by atoms with Gasteiger partial charge < -0.3 is 25.6 Å². The molecule has 2 aliphatic rings. The van der Waals surface area contributed by atoms with Crippen molar-refractivity contribution in [2.45, 2.75) is 48.9 Å². The number of amides is 1. The van der Waals surface area contributed by atoms with Gasteiger partial charge in [0.2, 0.25) is 5.91 Å². The van der Waals surface area contributed by atoms with Crippen LogP contribution in [-0.4, -0.2) is 76.2 Å². The molecule has 1 amide bonds. The van der Waals surface area contributed by atoms with Crippen LogP contribution in [0.5, 0.6) is 0 Å². The topological polar surface area (TPSA) is 181 Å². The van der Waals surface area contributed by atoms with Gasteiger partial charge in [-0.2, -0.15) is 0 Å². The van der Waals surface area contributed by atoms with E-state index in [0.717, 1.165) is 4.90 Å². The monoisotopic (exact) mass is 392 g/mol. The Bertz CT molecular complexity index is 760. The number of rotatable bonds is 7. The van der Waals surface area contributed by atoms with Crippen LogP contribution in [0.25, 0.3) is 0 Å². The van der Waals surface area contributed by atoms with Crippen molar-refractivity contribution in [3.05, 3.63) is 0 Å². The highest BCUT2D eigenvalue weighted by molar-refractivity contribution is 7.93. The highest BCUT2D eigenvalue weighted by Crippen LogP contribution is 2.48. The smallest absolute Gasteiger partial charge is 0.328 e. The molecule has 146 valence electrons. The Labute approximate surface area is 149 Å². The highest BCUT2D eigenvalue weighted by atomic mass is 32.2. The summed E-state index contributed by atoms with van der Waals surface area (Å²) in [5.74, 6) is -5.47. The number of ether oxygens (including phenoxy) is 1. The molecule has 0 aliphatic carbocycles. The van der Waals surface area contributed by atoms with Gasteiger partial charge in [0.25, 0.3) is 0 Å². The molecule has 26 heavy (non-hydrogen) atoms. The average Bonchev–Trinajstić information content (AvgIpc) is 2.66. The van der Waals surface area contributed by atoms with E-state index in [0.29, 0.717) is 0 Å². The van der Waals surface area contributed by atoms with E-state index in [9.17, 15) is 32.7 Å². The summed E-state index contributed by atoms with van der Waals surface area (Å²) in [6.45, 7) is 1.90. The minimum absolute atomic E-state index is 0.172. The van der Waals surface area contributed by atoms with Crippen molar-refractivity contribution in [1.29, 1.82) is 0 Å². The fourth-order valence-electron chi connectivity index (χ4n) is 3.24. The van der Waals surface area contributed by atoms with E-state index >= 15 is 0 Å². The number of esters is 1. The lowest BCUT2D eigenvalue weighted by atomic mass is 9.92. The van der Waals surface area contributed by atoms with Crippen LogP contribution >= 0.6 is 0 Å². The summed E-state index contributed by atoms with van der Waals surface area (Å²) in [7, 11) is -4.01. The zero-order chi connectivity index (χ0) is 20.0. The minimum Gasteiger partial charge on any atom is -0.481 e. The van der Waals surface area contributed by atoms with Crippen molar-refractivity contribution in [2.24, 2.45) is 11.7 Å². The van der Waals surface area contributed by atoms with Crippen LogP contribution in [0.4, 0.5) is 0 Å². The maximum Gasteiger partial charge on any atom is 0.328 e. The summed E-state index contributed by atoms with van der Waals surface area (Å²) in [5, 5.41) is 16.5. The van der Waals surface area contributed by atoms with Crippen LogP contribution in [0.2, 0.25) is 0 Å². The molecule has 0 radical (unpaired) electrons. The highest BCUT2D eigenvalue weighted by Gasteiger charge is 2.72. The third kappa shape index (κ3) is 2.92. The normalized spacial score (nSPS) is 29.4. The number of fused-ring (bicyclic) bond motifs is 1. The lowest BCUT2D eigenvalue weighted by Gasteiger charge is -2.42. The van der Waals surface area contributed by atoms with Gasteiger partial charge in [-0.05, 0) is 20.3 Å². The predicted molar refractivity (Wildman–Crippen MR) is 84.4 cm³/mol. The van der Waals surface area contributed by atoms with Crippen LogP contribution in [0.3, 0.4) is 0 Å². The van der Waals surface area contributed by atoms with Crippen molar-refractivity contribution in [1.82, 2.24) is 4.90 Å². The summed E-state index contributed by atoms with van der Waals surface area (Å²) in [6.07, 6.45) is -0.521. The molecule has 0 bridgehead atoms. The van der Waals surface area contributed by atoms with Gasteiger partial charge in [-0.3, -0.25) is 14.4 Å². The van der Waals surface area contributed by atoms with E-state index in [1.165, 1.54) is 13.8 Å². The molecular formula is C14H20N2O9S. The molecule has 0 aromatic carbocycles. The molecule has 2 heterocycles. The van der Waals surface area contributed by atoms with Gasteiger partial charge in [-0.1, -0.05) is 0 Å². The quantitative estimate of drug-likeness (QED) is 0.329. The number of carbonyl (C=O) groups excluding carboxylic acids is 2. The van der Waals surface area contributed by atoms with Crippen molar-refractivity contribution in [3.63, 3.8) is 0 Å². The molecular weight excluding hydrogens is 372 g/mol. The largest absolute Gasteiger partial charge is 0.481 e. The number of β-lactam (4-membered cyclic amide) rings is 1. The fraction of sp³-hybridized carbons (Fsp3) is 0.714. The molecule has 4 atom stereocenters. The molecule has 2 saturated heterocycles. The Balaban J connectivity index is 2.08. The summed E-state index contributed by atoms with van der Waals surface area (Å²) >= 11 is 0. The van der Waals surface area contributed by atoms with Crippen LogP contribution in [-0.2, 0) is 33.8 Å². The molecule has 2 rings (SSSR count). The van der Waals surface area contributed by atoms with Gasteiger partial charge in [-0.15, -0.1) is 0 Å². The first-order chi connectivity index (χ1) is 11.8. The molecule has 0 unspecified atom stereocenters. The summed E-state index contributed by atoms with van der Waals surface area (Å²) in [4.78, 5) is 46.7. The first-order valence-corrected chi connectivity index (χ1v) is 9.31. The molecule has 11 nitrogen and oxygen atoms in total. The summed E-state index contributed by atoms with van der Waals surface area (Å²) in [5.41, 5.74) is 5.48. The van der Waals surface area contributed by atoms with E-state index in [2.05, 4.69) is 0 Å². The third-order valence-corrected chi connectivity index (χ3v) is 7.67. The summed E-state index contributed by atoms with van der Waals surface area (Å²) in [6, 6.07) is -2.74. The molecule has 0 saturated carbocycles. The minimum atomic E-state index is -4.01. The fourth-order valence-corrected chi connectivity index (χ4v) is 5.54. The van der Waals surface area contributed by atoms with Crippen LogP contribution in [0.15, 0.2) is 0 Å². The second kappa shape index (κ2) is 6.50. The first kappa shape index (κ1) is 20.1. The van der Waals surface area contributed by atoms with Gasteiger partial charge in [0, 0.05) is 6.42 Å². The van der Waals surface area contributed by atoms with Crippen LogP contribution in [0, 0.1) is 5.92 Å². The van der Waals surface area contributed by atoms with Gasteiger partial charge in [0.05, 0.1) is 4.75 Å². The van der Waals surface area contributed by atoms with Gasteiger partial charge in [0.1, 0.15) is 24.6 Å². The number of carboxylic acids is 2. The Kier molecular flexibility index (Phi) is 5.03. The number of hydrogen-bond acceptors (Lipinski definition) is 8. The molecule has 0 aromatic heterocycles. The number of nitrogens with zero attached hydrogens (tertiary/aromatic N) is 1. The Morgan fingerprint density at radius 3 is 2.38 bits per heavy atom. The SMILES string of the molecule is CC1(C)[C@H](C(=O)O)N2C(=O)[C@H](COC(=O)[C@@H](N)CCC(=O)O)[C@H]2S1(=O)=O. The second-order valence-corrected chi connectivity index (χ2v) is 9.43. The molecule has 4 N–H and O–H groups in total. The van der Waals surface area contributed by atoms with E-state index < -0.39 is 68.4 Å². The maximum atomic E-state index is 12.6. The first-order valence-electron chi connectivity index (χ1n) is 7.76. The Morgan fingerprint density at radius 1 is 1.31 bits per heavy atom. The zero-order valence-corrected chi connectivity index (χ0v) is 14.9. The molecule has 2 aliphatic heterocycles. The Hall–Kier alpha value is -2.21. The van der Waals surface area contributed by atoms with Crippen molar-refractivity contribution in [3.8, 4) is 0 Å². The van der Waals surface area contributed by atoms with Gasteiger partial charge in [0.15, 0.2) is 15.2 Å². The molecule has 0 aromatic rings. The number of sulfone groups is 1. The number of carbonyl (C=O) groups is 4. The van der Waals surface area contributed by atoms with Crippen LogP contribution < -0.4 is 5.73 Å². The standard InChI is InChI=1S/C14H20N2O9S/c1-14(2)9(12(20)21)16-10(19)6(11(16)26(14,23)24)5-25-13(22)7(15)3-4-8(17)18/h6-7,9,11H,3-5,15H2,1-2H3,(H,17,18)(H,20,21)/t6-,7-,9-,11+/m0/s1. The van der Waals surface area contributed by atoms with E-state index in [-0.39, 0.29) is 12.8 Å². The Morgan fingerprint density at radius 2 is 1.88 bits per heavy atom. The molecule has 0 spiro atoms. The average molecular weight is 392 g/mol. The number of nitrogens with two attached hydrogens (primary N) is 1. The predicted octanol–water partition coefficient (Wildman–Crippen LogP) is -1.83. The van der Waals surface area contributed by atoms with Crippen molar-refractivity contribution in [2.75, 3.05) is 6.61 Å². The van der Waals surface area contributed by atoms with Crippen molar-refractivity contribution >= 4 is 33.7 Å². The van der Waals surface area contributed by atoms with Crippen molar-refractivity contribution < 1.29 is 42.5 Å². The molecule has 12 heteroatoms. The molecule has 2 fully saturated rings.